The van der Waals surface area contributed by atoms with Gasteiger partial charge >= 0.3 is 6.18 Å². The summed E-state index contributed by atoms with van der Waals surface area (Å²) in [5, 5.41) is 0.215. The van der Waals surface area contributed by atoms with Gasteiger partial charge in [-0.2, -0.15) is 13.2 Å². The van der Waals surface area contributed by atoms with Gasteiger partial charge in [0.15, 0.2) is 0 Å². The first-order valence-corrected chi connectivity index (χ1v) is 6.03. The van der Waals surface area contributed by atoms with Crippen LogP contribution in [0.4, 0.5) is 18.9 Å². The number of nitrogens with zero attached hydrogens (tertiary/aromatic N) is 1. The number of hydrogen-bond acceptors (Lipinski definition) is 2. The predicted octanol–water partition coefficient (Wildman–Crippen LogP) is 3.34. The van der Waals surface area contributed by atoms with E-state index in [1.807, 2.05) is 0 Å². The molecule has 0 fully saturated rings. The molecule has 0 aliphatic heterocycles. The molecule has 0 saturated carbocycles. The minimum atomic E-state index is -4.44. The van der Waals surface area contributed by atoms with E-state index in [0.717, 1.165) is 4.90 Å². The van der Waals surface area contributed by atoms with Crippen molar-refractivity contribution in [1.29, 1.82) is 0 Å². The number of nitrogens with two attached hydrogens (primary N) is 1. The van der Waals surface area contributed by atoms with E-state index in [9.17, 15) is 18.0 Å². The molecular formula is C12H14ClF3N2O. The minimum absolute atomic E-state index is 0.0186. The molecule has 1 amide bonds. The Labute approximate surface area is 114 Å². The van der Waals surface area contributed by atoms with Crippen molar-refractivity contribution >= 4 is 23.2 Å². The van der Waals surface area contributed by atoms with E-state index < -0.39 is 18.6 Å². The first-order valence-electron chi connectivity index (χ1n) is 5.65. The van der Waals surface area contributed by atoms with E-state index in [2.05, 4.69) is 0 Å². The molecule has 0 aliphatic carbocycles. The van der Waals surface area contributed by atoms with Gasteiger partial charge in [-0.1, -0.05) is 18.5 Å². The molecule has 0 heterocycles. The van der Waals surface area contributed by atoms with Crippen molar-refractivity contribution in [2.24, 2.45) is 0 Å². The van der Waals surface area contributed by atoms with Gasteiger partial charge < -0.3 is 10.6 Å². The van der Waals surface area contributed by atoms with Gasteiger partial charge in [0.2, 0.25) is 0 Å². The number of carbonyl (C=O) groups excluding carboxylic acids is 1. The van der Waals surface area contributed by atoms with Gasteiger partial charge in [0, 0.05) is 22.8 Å². The SMILES string of the molecule is CCCN(CC(F)(F)F)C(=O)c1cc(N)cc(Cl)c1. The van der Waals surface area contributed by atoms with Crippen molar-refractivity contribution in [3.8, 4) is 0 Å². The fourth-order valence-corrected chi connectivity index (χ4v) is 1.90. The number of halogens is 4. The summed E-state index contributed by atoms with van der Waals surface area (Å²) in [5.41, 5.74) is 5.81. The Morgan fingerprint density at radius 2 is 2.00 bits per heavy atom. The lowest BCUT2D eigenvalue weighted by atomic mass is 10.1. The third kappa shape index (κ3) is 4.98. The minimum Gasteiger partial charge on any atom is -0.399 e. The lowest BCUT2D eigenvalue weighted by Gasteiger charge is -2.23. The molecule has 2 N–H and O–H groups in total. The average molecular weight is 295 g/mol. The smallest absolute Gasteiger partial charge is 0.399 e. The number of anilines is 1. The monoisotopic (exact) mass is 294 g/mol. The summed E-state index contributed by atoms with van der Waals surface area (Å²) in [7, 11) is 0. The first-order chi connectivity index (χ1) is 8.73. The third-order valence-electron chi connectivity index (χ3n) is 2.32. The van der Waals surface area contributed by atoms with Gasteiger partial charge in [-0.25, -0.2) is 0 Å². The van der Waals surface area contributed by atoms with Crippen LogP contribution in [-0.4, -0.2) is 30.1 Å². The number of hydrogen-bond donors (Lipinski definition) is 1. The molecule has 0 atom stereocenters. The van der Waals surface area contributed by atoms with E-state index in [1.165, 1.54) is 18.2 Å². The molecule has 0 radical (unpaired) electrons. The fraction of sp³-hybridized carbons (Fsp3) is 0.417. The zero-order valence-electron chi connectivity index (χ0n) is 10.3. The molecule has 1 rings (SSSR count). The number of benzene rings is 1. The Hall–Kier alpha value is -1.43. The first kappa shape index (κ1) is 15.6. The zero-order chi connectivity index (χ0) is 14.6. The average Bonchev–Trinajstić information content (AvgIpc) is 2.24. The summed E-state index contributed by atoms with van der Waals surface area (Å²) in [4.78, 5) is 12.8. The summed E-state index contributed by atoms with van der Waals surface area (Å²) in [6.07, 6.45) is -4.01. The standard InChI is InChI=1S/C12H14ClF3N2O/c1-2-3-18(7-12(14,15)16)11(19)8-4-9(13)6-10(17)5-8/h4-6H,2-3,7,17H2,1H3. The largest absolute Gasteiger partial charge is 0.406 e. The Balaban J connectivity index is 2.98. The van der Waals surface area contributed by atoms with Gasteiger partial charge in [0.05, 0.1) is 0 Å². The van der Waals surface area contributed by atoms with E-state index in [0.29, 0.717) is 6.42 Å². The highest BCUT2D eigenvalue weighted by atomic mass is 35.5. The van der Waals surface area contributed by atoms with Crippen LogP contribution in [0.2, 0.25) is 5.02 Å². The molecule has 19 heavy (non-hydrogen) atoms. The quantitative estimate of drug-likeness (QED) is 0.866. The molecule has 0 spiro atoms. The number of alkyl halides is 3. The number of rotatable bonds is 4. The third-order valence-corrected chi connectivity index (χ3v) is 2.54. The van der Waals surface area contributed by atoms with E-state index in [4.69, 9.17) is 17.3 Å². The molecule has 7 heteroatoms. The van der Waals surface area contributed by atoms with Crippen LogP contribution < -0.4 is 5.73 Å². The van der Waals surface area contributed by atoms with Crippen molar-refractivity contribution < 1.29 is 18.0 Å². The normalized spacial score (nSPS) is 11.4. The number of amides is 1. The maximum atomic E-state index is 12.4. The van der Waals surface area contributed by atoms with Crippen molar-refractivity contribution in [1.82, 2.24) is 4.90 Å². The lowest BCUT2D eigenvalue weighted by molar-refractivity contribution is -0.140. The highest BCUT2D eigenvalue weighted by Gasteiger charge is 2.33. The van der Waals surface area contributed by atoms with Gasteiger partial charge in [-0.05, 0) is 24.6 Å². The molecular weight excluding hydrogens is 281 g/mol. The van der Waals surface area contributed by atoms with Gasteiger partial charge in [0.1, 0.15) is 6.54 Å². The molecule has 3 nitrogen and oxygen atoms in total. The fourth-order valence-electron chi connectivity index (χ4n) is 1.66. The van der Waals surface area contributed by atoms with E-state index in [-0.39, 0.29) is 22.8 Å². The molecule has 1 aromatic carbocycles. The van der Waals surface area contributed by atoms with Crippen LogP contribution >= 0.6 is 11.6 Å². The van der Waals surface area contributed by atoms with Crippen molar-refractivity contribution in [2.45, 2.75) is 19.5 Å². The molecule has 0 unspecified atom stereocenters. The maximum absolute atomic E-state index is 12.4. The van der Waals surface area contributed by atoms with Crippen LogP contribution in [0.3, 0.4) is 0 Å². The van der Waals surface area contributed by atoms with Gasteiger partial charge in [0.25, 0.3) is 5.91 Å². The van der Waals surface area contributed by atoms with Crippen molar-refractivity contribution in [3.63, 3.8) is 0 Å². The second-order valence-electron chi connectivity index (χ2n) is 4.12. The van der Waals surface area contributed by atoms with Crippen molar-refractivity contribution in [2.75, 3.05) is 18.8 Å². The van der Waals surface area contributed by atoms with Crippen LogP contribution in [0, 0.1) is 0 Å². The van der Waals surface area contributed by atoms with Gasteiger partial charge in [-0.3, -0.25) is 4.79 Å². The Morgan fingerprint density at radius 3 is 2.47 bits per heavy atom. The van der Waals surface area contributed by atoms with Crippen LogP contribution in [-0.2, 0) is 0 Å². The second-order valence-corrected chi connectivity index (χ2v) is 4.55. The molecule has 0 aromatic heterocycles. The Bertz CT molecular complexity index is 443. The molecule has 0 aliphatic rings. The number of carbonyl (C=O) groups is 1. The summed E-state index contributed by atoms with van der Waals surface area (Å²) < 4.78 is 37.3. The Morgan fingerprint density at radius 1 is 1.37 bits per heavy atom. The van der Waals surface area contributed by atoms with Crippen LogP contribution in [0.15, 0.2) is 18.2 Å². The predicted molar refractivity (Wildman–Crippen MR) is 68.1 cm³/mol. The molecule has 0 bridgehead atoms. The molecule has 106 valence electrons. The van der Waals surface area contributed by atoms with Crippen LogP contribution in [0.1, 0.15) is 23.7 Å². The second kappa shape index (κ2) is 6.14. The molecule has 1 aromatic rings. The topological polar surface area (TPSA) is 46.3 Å². The Kier molecular flexibility index (Phi) is 5.05. The highest BCUT2D eigenvalue weighted by Crippen LogP contribution is 2.21. The van der Waals surface area contributed by atoms with E-state index >= 15 is 0 Å². The van der Waals surface area contributed by atoms with Crippen LogP contribution in [0.25, 0.3) is 0 Å². The summed E-state index contributed by atoms with van der Waals surface area (Å²) in [6.45, 7) is 0.430. The summed E-state index contributed by atoms with van der Waals surface area (Å²) >= 11 is 5.74. The maximum Gasteiger partial charge on any atom is 0.406 e. The zero-order valence-corrected chi connectivity index (χ0v) is 11.1. The highest BCUT2D eigenvalue weighted by molar-refractivity contribution is 6.31. The van der Waals surface area contributed by atoms with E-state index in [1.54, 1.807) is 6.92 Å². The summed E-state index contributed by atoms with van der Waals surface area (Å²) in [5.74, 6) is -0.728. The number of nitrogen functional groups attached to an aromatic ring is 1. The van der Waals surface area contributed by atoms with Crippen LogP contribution in [0.5, 0.6) is 0 Å². The summed E-state index contributed by atoms with van der Waals surface area (Å²) in [6, 6.07) is 4.04. The van der Waals surface area contributed by atoms with Gasteiger partial charge in [-0.15, -0.1) is 0 Å². The molecule has 0 saturated heterocycles. The van der Waals surface area contributed by atoms with Crippen molar-refractivity contribution in [3.05, 3.63) is 28.8 Å². The lowest BCUT2D eigenvalue weighted by Crippen LogP contribution is -2.39.